The predicted octanol–water partition coefficient (Wildman–Crippen LogP) is 1.65. The van der Waals surface area contributed by atoms with Gasteiger partial charge in [0.15, 0.2) is 0 Å². The largest absolute Gasteiger partial charge is 0.334 e. The quantitative estimate of drug-likeness (QED) is 0.652. The first kappa shape index (κ1) is 16.9. The molecule has 0 aromatic heterocycles. The zero-order valence-corrected chi connectivity index (χ0v) is 12.8. The Morgan fingerprint density at radius 3 is 2.65 bits per heavy atom. The van der Waals surface area contributed by atoms with E-state index in [4.69, 9.17) is 0 Å². The average molecular weight is 279 g/mol. The summed E-state index contributed by atoms with van der Waals surface area (Å²) < 4.78 is 0. The molecule has 20 heavy (non-hydrogen) atoms. The molecule has 1 atom stereocenters. The molecule has 1 aliphatic heterocycles. The number of carbonyl (C=O) groups is 1. The van der Waals surface area contributed by atoms with Crippen molar-refractivity contribution in [3.8, 4) is 0 Å². The van der Waals surface area contributed by atoms with E-state index in [0.717, 1.165) is 19.5 Å². The average Bonchev–Trinajstić information content (AvgIpc) is 2.46. The molecule has 1 saturated heterocycles. The molecule has 1 heterocycles. The third-order valence-corrected chi connectivity index (χ3v) is 3.87. The van der Waals surface area contributed by atoms with E-state index in [1.165, 1.54) is 19.3 Å². The minimum absolute atomic E-state index is 0.182. The van der Waals surface area contributed by atoms with Gasteiger partial charge in [0.2, 0.25) is 5.91 Å². The number of rotatable bonds is 9. The van der Waals surface area contributed by atoms with Crippen LogP contribution < -0.4 is 5.32 Å². The fourth-order valence-corrected chi connectivity index (χ4v) is 2.77. The van der Waals surface area contributed by atoms with Crippen LogP contribution in [-0.2, 0) is 4.79 Å². The van der Waals surface area contributed by atoms with E-state index in [1.807, 2.05) is 11.9 Å². The monoisotopic (exact) mass is 279 g/mol. The van der Waals surface area contributed by atoms with Gasteiger partial charge in [-0.1, -0.05) is 18.6 Å². The first-order valence-corrected chi connectivity index (χ1v) is 7.61. The van der Waals surface area contributed by atoms with E-state index in [9.17, 15) is 4.79 Å². The van der Waals surface area contributed by atoms with E-state index < -0.39 is 0 Å². The molecular weight excluding hydrogens is 250 g/mol. The maximum absolute atomic E-state index is 12.4. The molecular formula is C16H29N3O. The summed E-state index contributed by atoms with van der Waals surface area (Å²) in [4.78, 5) is 16.5. The van der Waals surface area contributed by atoms with Gasteiger partial charge in [-0.2, -0.15) is 0 Å². The fraction of sp³-hybridized carbons (Fsp3) is 0.688. The number of hydrogen-bond acceptors (Lipinski definition) is 3. The minimum atomic E-state index is 0.182. The Labute approximate surface area is 123 Å². The second-order valence-corrected chi connectivity index (χ2v) is 5.39. The zero-order chi connectivity index (χ0) is 14.8. The Morgan fingerprint density at radius 1 is 1.35 bits per heavy atom. The van der Waals surface area contributed by atoms with Crippen molar-refractivity contribution in [2.45, 2.75) is 31.7 Å². The third kappa shape index (κ3) is 5.47. The number of piperidine rings is 1. The van der Waals surface area contributed by atoms with Crippen molar-refractivity contribution in [2.24, 2.45) is 0 Å². The topological polar surface area (TPSA) is 35.6 Å². The normalized spacial score (nSPS) is 19.6. The first-order chi connectivity index (χ1) is 9.72. The maximum Gasteiger partial charge on any atom is 0.237 e. The lowest BCUT2D eigenvalue weighted by atomic mass is 9.99. The highest BCUT2D eigenvalue weighted by atomic mass is 16.2. The van der Waals surface area contributed by atoms with Crippen molar-refractivity contribution in [3.05, 3.63) is 25.3 Å². The number of hydrogen-bond donors (Lipinski definition) is 1. The standard InChI is InChI=1S/C16H29N3O/c1-4-11-18(12-5-2)16(20)14-19-13-7-6-8-15(19)9-10-17-3/h4-5,15,17H,1-2,6-14H2,3H3. The van der Waals surface area contributed by atoms with Crippen molar-refractivity contribution in [3.63, 3.8) is 0 Å². The van der Waals surface area contributed by atoms with E-state index in [-0.39, 0.29) is 5.91 Å². The molecule has 4 nitrogen and oxygen atoms in total. The summed E-state index contributed by atoms with van der Waals surface area (Å²) in [7, 11) is 1.98. The van der Waals surface area contributed by atoms with Gasteiger partial charge in [-0.3, -0.25) is 9.69 Å². The molecule has 1 aliphatic rings. The summed E-state index contributed by atoms with van der Waals surface area (Å²) in [6.07, 6.45) is 8.35. The molecule has 1 fully saturated rings. The van der Waals surface area contributed by atoms with Crippen LogP contribution in [-0.4, -0.2) is 61.5 Å². The molecule has 0 aromatic rings. The number of nitrogens with one attached hydrogen (secondary N) is 1. The van der Waals surface area contributed by atoms with E-state index >= 15 is 0 Å². The summed E-state index contributed by atoms with van der Waals surface area (Å²) in [5.74, 6) is 0.182. The summed E-state index contributed by atoms with van der Waals surface area (Å²) in [6, 6.07) is 0.537. The van der Waals surface area contributed by atoms with Gasteiger partial charge in [0.1, 0.15) is 0 Å². The van der Waals surface area contributed by atoms with Crippen LogP contribution in [0.25, 0.3) is 0 Å². The molecule has 0 aromatic carbocycles. The third-order valence-electron chi connectivity index (χ3n) is 3.87. The van der Waals surface area contributed by atoms with Crippen LogP contribution in [0.3, 0.4) is 0 Å². The van der Waals surface area contributed by atoms with Crippen LogP contribution in [0, 0.1) is 0 Å². The second-order valence-electron chi connectivity index (χ2n) is 5.39. The zero-order valence-electron chi connectivity index (χ0n) is 12.8. The van der Waals surface area contributed by atoms with Gasteiger partial charge < -0.3 is 10.2 Å². The van der Waals surface area contributed by atoms with Gasteiger partial charge in [-0.25, -0.2) is 0 Å². The Kier molecular flexibility index (Phi) is 8.23. The number of likely N-dealkylation sites (tertiary alicyclic amines) is 1. The lowest BCUT2D eigenvalue weighted by molar-refractivity contribution is -0.132. The van der Waals surface area contributed by atoms with Gasteiger partial charge in [0, 0.05) is 19.1 Å². The van der Waals surface area contributed by atoms with Crippen molar-refractivity contribution >= 4 is 5.91 Å². The molecule has 4 heteroatoms. The van der Waals surface area contributed by atoms with Crippen LogP contribution in [0.4, 0.5) is 0 Å². The lowest BCUT2D eigenvalue weighted by Crippen LogP contribution is -2.47. The second kappa shape index (κ2) is 9.72. The van der Waals surface area contributed by atoms with Gasteiger partial charge in [-0.05, 0) is 39.4 Å². The van der Waals surface area contributed by atoms with Crippen LogP contribution in [0.2, 0.25) is 0 Å². The Morgan fingerprint density at radius 2 is 2.05 bits per heavy atom. The molecule has 0 aliphatic carbocycles. The first-order valence-electron chi connectivity index (χ1n) is 7.61. The lowest BCUT2D eigenvalue weighted by Gasteiger charge is -2.36. The summed E-state index contributed by atoms with van der Waals surface area (Å²) in [5.41, 5.74) is 0. The number of amides is 1. The molecule has 0 radical (unpaired) electrons. The Balaban J connectivity index is 2.54. The van der Waals surface area contributed by atoms with Crippen molar-refractivity contribution < 1.29 is 4.79 Å². The highest BCUT2D eigenvalue weighted by molar-refractivity contribution is 5.78. The molecule has 1 rings (SSSR count). The molecule has 1 amide bonds. The van der Waals surface area contributed by atoms with Crippen molar-refractivity contribution in [1.82, 2.24) is 15.1 Å². The van der Waals surface area contributed by atoms with Crippen LogP contribution >= 0.6 is 0 Å². The Hall–Kier alpha value is -1.13. The van der Waals surface area contributed by atoms with Gasteiger partial charge in [0.05, 0.1) is 6.54 Å². The SMILES string of the molecule is C=CCN(CC=C)C(=O)CN1CCCCC1CCNC. The molecule has 1 unspecified atom stereocenters. The van der Waals surface area contributed by atoms with Crippen molar-refractivity contribution in [2.75, 3.05) is 39.8 Å². The number of carbonyl (C=O) groups excluding carboxylic acids is 1. The van der Waals surface area contributed by atoms with E-state index in [0.29, 0.717) is 25.7 Å². The molecule has 0 bridgehead atoms. The highest BCUT2D eigenvalue weighted by Gasteiger charge is 2.25. The number of nitrogens with zero attached hydrogens (tertiary/aromatic N) is 2. The summed E-state index contributed by atoms with van der Waals surface area (Å²) in [6.45, 7) is 11.2. The smallest absolute Gasteiger partial charge is 0.237 e. The molecule has 114 valence electrons. The van der Waals surface area contributed by atoms with Gasteiger partial charge >= 0.3 is 0 Å². The van der Waals surface area contributed by atoms with Crippen molar-refractivity contribution in [1.29, 1.82) is 0 Å². The molecule has 0 saturated carbocycles. The van der Waals surface area contributed by atoms with Gasteiger partial charge in [0.25, 0.3) is 0 Å². The summed E-state index contributed by atoms with van der Waals surface area (Å²) >= 11 is 0. The highest BCUT2D eigenvalue weighted by Crippen LogP contribution is 2.19. The van der Waals surface area contributed by atoms with Gasteiger partial charge in [-0.15, -0.1) is 13.2 Å². The van der Waals surface area contributed by atoms with Crippen LogP contribution in [0.15, 0.2) is 25.3 Å². The Bertz CT molecular complexity index is 307. The fourth-order valence-electron chi connectivity index (χ4n) is 2.77. The van der Waals surface area contributed by atoms with E-state index in [1.54, 1.807) is 12.2 Å². The van der Waals surface area contributed by atoms with Crippen LogP contribution in [0.5, 0.6) is 0 Å². The molecule has 0 spiro atoms. The van der Waals surface area contributed by atoms with E-state index in [2.05, 4.69) is 23.4 Å². The minimum Gasteiger partial charge on any atom is -0.334 e. The summed E-state index contributed by atoms with van der Waals surface area (Å²) in [5, 5.41) is 3.20. The van der Waals surface area contributed by atoms with Crippen LogP contribution in [0.1, 0.15) is 25.7 Å². The predicted molar refractivity (Wildman–Crippen MR) is 84.7 cm³/mol. The maximum atomic E-state index is 12.4. The molecule has 1 N–H and O–H groups in total.